The number of ether oxygens (including phenoxy) is 6. The van der Waals surface area contributed by atoms with Crippen LogP contribution in [0.2, 0.25) is 0 Å². The Kier molecular flexibility index (Phi) is 25.8. The van der Waals surface area contributed by atoms with Crippen LogP contribution in [-0.2, 0) is 68.6 Å². The van der Waals surface area contributed by atoms with E-state index in [9.17, 15) is 0 Å². The van der Waals surface area contributed by atoms with E-state index in [4.69, 9.17) is 53.7 Å². The maximum absolute atomic E-state index is 6.53. The van der Waals surface area contributed by atoms with E-state index in [1.54, 1.807) is 12.4 Å². The molecular formula is C112H101B3N15O6Pt3-9. The van der Waals surface area contributed by atoms with Gasteiger partial charge in [-0.1, -0.05) is 165 Å². The zero-order valence-electron chi connectivity index (χ0n) is 80.5. The Morgan fingerprint density at radius 2 is 0.554 bits per heavy atom. The molecule has 9 aliphatic rings. The first-order valence-electron chi connectivity index (χ1n) is 46.8. The van der Waals surface area contributed by atoms with Crippen LogP contribution >= 0.6 is 0 Å². The number of rotatable bonds is 15. The number of fused-ring (bicyclic) bond motifs is 12. The van der Waals surface area contributed by atoms with Gasteiger partial charge in [-0.2, -0.15) is 81.7 Å². The summed E-state index contributed by atoms with van der Waals surface area (Å²) in [6.07, 6.45) is 27.9. The SMILES string of the molecule is CC(C)c1cccc(C(C)C)c1-c1cnn(-c2[c-]c3c(cc2)Oc2cccc4c2B3c2[c-]c(N3C=CN(C)[CH-]3)ccc2O4)c1.CC(C)c1cccc(C(C)C)c1-c1cnn(-c2[c-]c3c(cc2)Oc2cncc4c2B3c2[c-]c(N3C=CN(C)[CH-]3)ccc2O4)c1.CC(C)c1cccc(C(C)C)c1-c1cnn(-c2[c-]c3c(cc2)Oc2nc(C(C)(C)C)nc4c2B3c2[c-]c(N3C=CN(C)[CH-]3)ccc2O4)c1.[Pt].[Pt].[Pt]. The monoisotopic (exact) mass is 2370 g/mol. The first-order chi connectivity index (χ1) is 65.7. The van der Waals surface area contributed by atoms with E-state index >= 15 is 0 Å². The molecular weight excluding hydrogens is 2270 g/mol. The van der Waals surface area contributed by atoms with Gasteiger partial charge in [0.15, 0.2) is 0 Å². The van der Waals surface area contributed by atoms with Gasteiger partial charge in [-0.05, 0) is 173 Å². The standard InChI is InChI=1S/C39H38BN6O2.C37H32BN4O2.C36H31BN5O2.3Pt/c1-23(2)28-10-9-11-29(24(3)4)34(28)25-20-41-46(21-25)27-13-15-33-31(19-27)40-30-18-26(45-17-16-44(8)22-45)12-14-32(30)47-36-35(40)37(48-33)43-38(42-36)39(5,6)7;1-23(2)28-8-6-9-29(24(3)4)36(28)25-20-39-42(21-25)27-13-15-33-31(19-27)38-30-18-26(41-17-16-40(5)22-41)12-14-32(30)43-34-10-7-11-35(44-33)37(34)38;1-22(2)27-7-6-8-28(23(3)4)35(27)24-17-39-42(20-24)26-10-12-32-30(16-26)37-29-15-25(41-14-13-40(5)21-41)9-11-31(29)43-33-18-38-19-34(44-32)36(33)37;;;/h9-17,20-24H,1-8H3;6-17,20-24H,1-5H3;6-14,17-23H,1-5H3;;;/q3*-3;;;. The number of pyridine rings is 1. The molecule has 27 heteroatoms. The molecule has 0 saturated carbocycles. The Morgan fingerprint density at radius 1 is 0.295 bits per heavy atom. The molecule has 0 saturated heterocycles. The van der Waals surface area contributed by atoms with E-state index in [2.05, 4.69) is 228 Å². The van der Waals surface area contributed by atoms with Gasteiger partial charge in [-0.25, -0.2) is 0 Å². The molecule has 139 heavy (non-hydrogen) atoms. The molecule has 0 fully saturated rings. The van der Waals surface area contributed by atoms with Crippen LogP contribution < -0.4 is 92.3 Å². The number of nitrogens with zero attached hydrogens (tertiary/aromatic N) is 15. The van der Waals surface area contributed by atoms with Crippen LogP contribution in [0.1, 0.15) is 179 Å². The van der Waals surface area contributed by atoms with Gasteiger partial charge in [0.25, 0.3) is 0 Å². The number of benzene rings is 10. The zero-order valence-corrected chi connectivity index (χ0v) is 87.3. The smallest absolute Gasteiger partial charge is 0.212 e. The molecule has 0 N–H and O–H groups in total. The maximum Gasteiger partial charge on any atom is 0.212 e. The average molecular weight is 2370 g/mol. The molecule has 10 aromatic carbocycles. The van der Waals surface area contributed by atoms with Gasteiger partial charge in [0.1, 0.15) is 28.8 Å². The Bertz CT molecular complexity index is 7020. The van der Waals surface area contributed by atoms with Gasteiger partial charge in [-0.15, -0.1) is 123 Å². The minimum Gasteiger partial charge on any atom is -0.518 e. The second-order valence-corrected chi connectivity index (χ2v) is 39.0. The molecule has 5 aromatic heterocycles. The third kappa shape index (κ3) is 17.3. The Balaban J connectivity index is 0.000000132. The second kappa shape index (κ2) is 37.7. The summed E-state index contributed by atoms with van der Waals surface area (Å²) in [5.41, 5.74) is 28.3. The van der Waals surface area contributed by atoms with Crippen LogP contribution in [0.5, 0.6) is 69.3 Å². The van der Waals surface area contributed by atoms with E-state index < -0.39 is 0 Å². The topological polar surface area (TPSA) is 167 Å². The molecule has 9 aliphatic heterocycles. The number of aromatic nitrogens is 9. The van der Waals surface area contributed by atoms with Crippen LogP contribution in [0.3, 0.4) is 0 Å². The van der Waals surface area contributed by atoms with Crippen molar-refractivity contribution in [1.29, 1.82) is 0 Å². The fourth-order valence-electron chi connectivity index (χ4n) is 19.8. The third-order valence-electron chi connectivity index (χ3n) is 26.5. The van der Waals surface area contributed by atoms with Gasteiger partial charge in [-0.3, -0.25) is 19.0 Å². The predicted octanol–water partition coefficient (Wildman–Crippen LogP) is 18.8. The summed E-state index contributed by atoms with van der Waals surface area (Å²) in [5, 5.41) is 14.5. The van der Waals surface area contributed by atoms with Crippen molar-refractivity contribution in [3.8, 4) is 120 Å². The number of hydrogen-bond donors (Lipinski definition) is 0. The van der Waals surface area contributed by atoms with Crippen molar-refractivity contribution in [2.75, 3.05) is 35.8 Å². The van der Waals surface area contributed by atoms with E-state index in [1.807, 2.05) is 222 Å². The average Bonchev–Trinajstić information content (AvgIpc) is 1.73. The third-order valence-corrected chi connectivity index (χ3v) is 26.5. The molecule has 0 aliphatic carbocycles. The van der Waals surface area contributed by atoms with Crippen molar-refractivity contribution in [1.82, 2.24) is 59.0 Å². The van der Waals surface area contributed by atoms with Crippen LogP contribution in [0, 0.1) is 56.4 Å². The Morgan fingerprint density at radius 3 is 0.835 bits per heavy atom. The molecule has 0 amide bonds. The summed E-state index contributed by atoms with van der Waals surface area (Å²) in [5.74, 6) is 11.5. The summed E-state index contributed by atoms with van der Waals surface area (Å²) in [6, 6.07) is 72.2. The van der Waals surface area contributed by atoms with Crippen molar-refractivity contribution < 1.29 is 91.6 Å². The van der Waals surface area contributed by atoms with Gasteiger partial charge in [0, 0.05) is 155 Å². The largest absolute Gasteiger partial charge is 0.518 e. The Labute approximate surface area is 858 Å². The quantitative estimate of drug-likeness (QED) is 0.0701. The first-order valence-corrected chi connectivity index (χ1v) is 46.8. The summed E-state index contributed by atoms with van der Waals surface area (Å²) in [4.78, 5) is 26.4. The van der Waals surface area contributed by atoms with Gasteiger partial charge >= 0.3 is 0 Å². The zero-order chi connectivity index (χ0) is 93.7. The van der Waals surface area contributed by atoms with Gasteiger partial charge in [0.05, 0.1) is 31.0 Å². The predicted molar refractivity (Wildman–Crippen MR) is 541 cm³/mol. The van der Waals surface area contributed by atoms with Gasteiger partial charge < -0.3 is 57.8 Å². The molecule has 15 aromatic rings. The molecule has 708 valence electrons. The molecule has 0 spiro atoms. The van der Waals surface area contributed by atoms with Crippen molar-refractivity contribution >= 4 is 86.4 Å². The van der Waals surface area contributed by atoms with E-state index in [1.165, 1.54) is 50.1 Å². The first kappa shape index (κ1) is 95.1. The summed E-state index contributed by atoms with van der Waals surface area (Å²) in [7, 11) is 6.02. The van der Waals surface area contributed by atoms with Crippen LogP contribution in [0.4, 0.5) is 17.1 Å². The van der Waals surface area contributed by atoms with E-state index in [-0.39, 0.29) is 88.7 Å². The molecule has 24 rings (SSSR count). The van der Waals surface area contributed by atoms with Crippen LogP contribution in [0.15, 0.2) is 232 Å². The Hall–Kier alpha value is -12.9. The fraction of sp³-hybridized carbons (Fsp3) is 0.223. The minimum absolute atomic E-state index is 0. The number of hydrogen-bond acceptors (Lipinski definition) is 18. The summed E-state index contributed by atoms with van der Waals surface area (Å²) >= 11 is 0. The van der Waals surface area contributed by atoms with Gasteiger partial charge in [0.2, 0.25) is 31.9 Å². The fourth-order valence-corrected chi connectivity index (χ4v) is 19.8. The van der Waals surface area contributed by atoms with Crippen molar-refractivity contribution in [3.63, 3.8) is 0 Å². The summed E-state index contributed by atoms with van der Waals surface area (Å²) in [6.45, 7) is 38.7. The molecule has 0 radical (unpaired) electrons. The van der Waals surface area contributed by atoms with Crippen LogP contribution in [-0.4, -0.2) is 100 Å². The summed E-state index contributed by atoms with van der Waals surface area (Å²) < 4.78 is 44.3. The molecule has 21 nitrogen and oxygen atoms in total. The van der Waals surface area contributed by atoms with Crippen molar-refractivity contribution in [2.24, 2.45) is 0 Å². The number of anilines is 3. The van der Waals surface area contributed by atoms with Crippen LogP contribution in [0.25, 0.3) is 50.4 Å². The van der Waals surface area contributed by atoms with E-state index in [0.29, 0.717) is 76.1 Å². The minimum atomic E-state index is -0.301. The van der Waals surface area contributed by atoms with E-state index in [0.717, 1.165) is 134 Å². The molecule has 0 bridgehead atoms. The van der Waals surface area contributed by atoms with Crippen molar-refractivity contribution in [3.05, 3.63) is 328 Å². The maximum atomic E-state index is 6.53. The van der Waals surface area contributed by atoms with Crippen molar-refractivity contribution in [2.45, 2.75) is 145 Å². The normalized spacial score (nSPS) is 14.2. The molecule has 0 atom stereocenters. The molecule has 0 unspecified atom stereocenters. The molecule has 14 heterocycles. The second-order valence-electron chi connectivity index (χ2n) is 39.0.